The van der Waals surface area contributed by atoms with Gasteiger partial charge in [0.2, 0.25) is 0 Å². The van der Waals surface area contributed by atoms with Gasteiger partial charge in [-0.25, -0.2) is 0 Å². The van der Waals surface area contributed by atoms with Gasteiger partial charge in [-0.3, -0.25) is 9.59 Å². The monoisotopic (exact) mass is 1040 g/mol. The van der Waals surface area contributed by atoms with Gasteiger partial charge in [-0.1, -0.05) is 52.0 Å². The predicted octanol–water partition coefficient (Wildman–Crippen LogP) is 6.52. The molecule has 0 aromatic carbocycles. The lowest BCUT2D eigenvalue weighted by atomic mass is 9.82. The third-order valence-electron chi connectivity index (χ3n) is 15.7. The van der Waals surface area contributed by atoms with Crippen molar-refractivity contribution in [2.75, 3.05) is 28.3 Å². The van der Waals surface area contributed by atoms with Crippen molar-refractivity contribution < 1.29 is 71.6 Å². The number of esters is 2. The number of hydrogen-bond donors (Lipinski definition) is 3. The van der Waals surface area contributed by atoms with Crippen LogP contribution in [0.4, 0.5) is 0 Å². The minimum atomic E-state index is -2.48. The van der Waals surface area contributed by atoms with Crippen molar-refractivity contribution in [3.63, 3.8) is 0 Å². The number of unbranched alkanes of at least 4 members (excludes halogenated alkanes) is 1. The first kappa shape index (κ1) is 60.5. The van der Waals surface area contributed by atoms with Crippen LogP contribution in [0.3, 0.4) is 0 Å². The van der Waals surface area contributed by atoms with Gasteiger partial charge in [0.1, 0.15) is 36.3 Å². The Morgan fingerprint density at radius 1 is 0.944 bits per heavy atom. The van der Waals surface area contributed by atoms with Crippen LogP contribution < -0.4 is 5.32 Å². The van der Waals surface area contributed by atoms with Crippen molar-refractivity contribution in [3.05, 3.63) is 24.3 Å². The fourth-order valence-corrected chi connectivity index (χ4v) is 11.8. The van der Waals surface area contributed by atoms with E-state index in [0.717, 1.165) is 12.8 Å². The molecule has 5 aliphatic heterocycles. The summed E-state index contributed by atoms with van der Waals surface area (Å²) in [6.07, 6.45) is 6.23. The van der Waals surface area contributed by atoms with Crippen LogP contribution in [-0.4, -0.2) is 174 Å². The highest BCUT2D eigenvalue weighted by Gasteiger charge is 2.54. The second-order valence-corrected chi connectivity index (χ2v) is 27.7. The van der Waals surface area contributed by atoms with E-state index in [1.807, 2.05) is 58.1 Å². The molecule has 17 nitrogen and oxygen atoms in total. The lowest BCUT2D eigenvalue weighted by Crippen LogP contribution is -2.65. The molecule has 1 unspecified atom stereocenters. The summed E-state index contributed by atoms with van der Waals surface area (Å²) in [5.41, 5.74) is -1.50. The zero-order chi connectivity index (χ0) is 53.3. The van der Waals surface area contributed by atoms with Crippen molar-refractivity contribution in [2.24, 2.45) is 11.8 Å². The minimum Gasteiger partial charge on any atom is -0.462 e. The number of carbonyl (C=O) groups excluding carboxylic acids is 2. The van der Waals surface area contributed by atoms with Crippen LogP contribution in [0.25, 0.3) is 0 Å². The lowest BCUT2D eigenvalue weighted by Gasteiger charge is -2.50. The maximum Gasteiger partial charge on any atom is 0.308 e. The molecule has 3 N–H and O–H groups in total. The molecule has 412 valence electrons. The van der Waals surface area contributed by atoms with Crippen LogP contribution in [0.15, 0.2) is 24.3 Å². The Hall–Kier alpha value is -2.32. The summed E-state index contributed by atoms with van der Waals surface area (Å²) in [7, 11) is 4.74. The minimum absolute atomic E-state index is 0.0181. The number of methoxy groups -OCH3 is 1. The highest BCUT2D eigenvalue weighted by Crippen LogP contribution is 2.43. The van der Waals surface area contributed by atoms with Gasteiger partial charge in [-0.05, 0) is 111 Å². The largest absolute Gasteiger partial charge is 0.462 e. The van der Waals surface area contributed by atoms with E-state index >= 15 is 0 Å². The predicted molar refractivity (Wildman–Crippen MR) is 274 cm³/mol. The Morgan fingerprint density at radius 2 is 1.65 bits per heavy atom. The van der Waals surface area contributed by atoms with Crippen LogP contribution in [0.5, 0.6) is 0 Å². The van der Waals surface area contributed by atoms with Crippen LogP contribution in [0.1, 0.15) is 127 Å². The molecule has 5 aliphatic rings. The van der Waals surface area contributed by atoms with E-state index < -0.39 is 112 Å². The van der Waals surface area contributed by atoms with Crippen LogP contribution in [0.2, 0.25) is 18.1 Å². The highest BCUT2D eigenvalue weighted by atomic mass is 28.4. The summed E-state index contributed by atoms with van der Waals surface area (Å²) >= 11 is 0. The topological polar surface area (TPSA) is 191 Å². The third kappa shape index (κ3) is 16.1. The summed E-state index contributed by atoms with van der Waals surface area (Å²) in [6.45, 7) is 22.1. The number of aliphatic hydroxyl groups excluding tert-OH is 1. The Kier molecular flexibility index (Phi) is 22.4. The number of nitrogens with one attached hydrogen (secondary N) is 1. The van der Waals surface area contributed by atoms with Gasteiger partial charge in [0.25, 0.3) is 0 Å². The Bertz CT molecular complexity index is 1820. The van der Waals surface area contributed by atoms with E-state index in [1.54, 1.807) is 21.0 Å². The average Bonchev–Trinajstić information content (AvgIpc) is 3.39. The number of ether oxygens (including phenoxy) is 10. The Balaban J connectivity index is 1.49. The zero-order valence-corrected chi connectivity index (χ0v) is 47.1. The molecule has 0 amide bonds. The first-order valence-electron chi connectivity index (χ1n) is 26.5. The van der Waals surface area contributed by atoms with Gasteiger partial charge in [-0.15, -0.1) is 12.3 Å². The molecule has 0 saturated carbocycles. The van der Waals surface area contributed by atoms with Crippen molar-refractivity contribution in [1.82, 2.24) is 10.2 Å². The van der Waals surface area contributed by atoms with Crippen LogP contribution >= 0.6 is 0 Å². The molecule has 2 bridgehead atoms. The number of likely N-dealkylation sites (N-methyl/N-ethyl adjacent to an activating group) is 2. The van der Waals surface area contributed by atoms with Crippen LogP contribution in [-0.2, 0) is 61.4 Å². The van der Waals surface area contributed by atoms with E-state index in [0.29, 0.717) is 32.1 Å². The van der Waals surface area contributed by atoms with Crippen molar-refractivity contribution >= 4 is 20.3 Å². The second kappa shape index (κ2) is 26.6. The van der Waals surface area contributed by atoms with E-state index in [1.165, 1.54) is 0 Å². The molecule has 0 aromatic rings. The molecule has 0 radical (unpaired) electrons. The normalized spacial score (nSPS) is 41.7. The number of nitrogens with zero attached hydrogens (tertiary/aromatic N) is 1. The molecule has 0 aromatic heterocycles. The zero-order valence-electron chi connectivity index (χ0n) is 46.1. The highest BCUT2D eigenvalue weighted by molar-refractivity contribution is 6.74. The molecular weight excluding hydrogens is 945 g/mol. The van der Waals surface area contributed by atoms with Crippen molar-refractivity contribution in [3.8, 4) is 12.3 Å². The van der Waals surface area contributed by atoms with E-state index in [2.05, 4.69) is 65.0 Å². The maximum absolute atomic E-state index is 13.9. The molecule has 5 heterocycles. The molecular formula is C54H92N2O15Si. The number of cyclic esters (lactones) is 1. The number of allylic oxidation sites excluding steroid dienone is 2. The smallest absolute Gasteiger partial charge is 0.308 e. The van der Waals surface area contributed by atoms with Gasteiger partial charge in [-0.2, -0.15) is 0 Å². The number of carbonyl (C=O) groups is 2. The second-order valence-electron chi connectivity index (χ2n) is 22.9. The van der Waals surface area contributed by atoms with Gasteiger partial charge in [0.15, 0.2) is 33.3 Å². The van der Waals surface area contributed by atoms with E-state index in [4.69, 9.17) is 58.2 Å². The fourth-order valence-electron chi connectivity index (χ4n) is 10.6. The average molecular weight is 1040 g/mol. The van der Waals surface area contributed by atoms with E-state index in [9.17, 15) is 19.8 Å². The molecule has 20 atom stereocenters. The third-order valence-corrected chi connectivity index (χ3v) is 20.1. The van der Waals surface area contributed by atoms with E-state index in [-0.39, 0.29) is 54.4 Å². The molecule has 5 rings (SSSR count). The SMILES string of the molecule is C#CCCCC(=O)O[C@H]1[C@H](C)O[C@@H](O[C@H]2[C@H](N(C)C)[C@@H](O)[C@H](O[C@H]3[C@H]4CC(O[Si](C)(C)C(C)(C)C)O[C@H](CC(=O)O[C@H](C)C/C=C\C=C/[C@H](O[C@H]5CC[C@H](NC)[C@@H](C)O5)[C@H](C)C4)[C@@H]3OC)O[C@@H]2C)C[C@@]1(C)O. The van der Waals surface area contributed by atoms with Crippen LogP contribution in [0, 0.1) is 24.2 Å². The maximum atomic E-state index is 13.9. The molecule has 72 heavy (non-hydrogen) atoms. The summed E-state index contributed by atoms with van der Waals surface area (Å²) in [4.78, 5) is 28.4. The molecule has 18 heteroatoms. The summed E-state index contributed by atoms with van der Waals surface area (Å²) < 4.78 is 72.2. The fraction of sp³-hybridized carbons (Fsp3) is 0.852. The van der Waals surface area contributed by atoms with Gasteiger partial charge < -0.3 is 72.2 Å². The lowest BCUT2D eigenvalue weighted by molar-refractivity contribution is -0.343. The first-order chi connectivity index (χ1) is 33.8. The Morgan fingerprint density at radius 3 is 2.28 bits per heavy atom. The van der Waals surface area contributed by atoms with Gasteiger partial charge >= 0.3 is 11.9 Å². The number of terminal acetylenes is 1. The number of hydrogen-bond acceptors (Lipinski definition) is 17. The van der Waals surface area contributed by atoms with Crippen molar-refractivity contribution in [1.29, 1.82) is 0 Å². The number of fused-ring (bicyclic) bond motifs is 3. The molecule has 4 saturated heterocycles. The Labute approximate surface area is 432 Å². The number of rotatable bonds is 15. The van der Waals surface area contributed by atoms with Gasteiger partial charge in [0.05, 0.1) is 49.1 Å². The molecule has 4 fully saturated rings. The van der Waals surface area contributed by atoms with Gasteiger partial charge in [0, 0.05) is 45.3 Å². The summed E-state index contributed by atoms with van der Waals surface area (Å²) in [5, 5.41) is 27.4. The first-order valence-corrected chi connectivity index (χ1v) is 29.4. The molecule has 0 spiro atoms. The standard InChI is InChI=1S/C54H92N2O15Si/c1-17-18-20-25-41(57)68-51-36(6)64-45(31-54(51,10)60)69-48-35(5)65-52(47(59)46(48)56(12)13)70-49-37-28-32(2)39(66-43-27-26-38(55-11)34(4)63-43)24-22-19-21-23-33(3)62-42(58)30-40(50(49)61-14)67-44(29-37)71-72(15,16)53(7,8)9/h1,19,21-22,24,32-40,43-52,55,59-60H,18,20,23,25-31H2,2-16H3/b21-19-,24-22-/t32-,33-,34-,35-,36+,37-,38+,39+,40-,43+,44?,45+,46-,47-,48-,49+,50+,51+,52+,54-/m1/s1. The van der Waals surface area contributed by atoms with Crippen molar-refractivity contribution in [2.45, 2.75) is 255 Å². The quantitative estimate of drug-likeness (QED) is 0.0694. The summed E-state index contributed by atoms with van der Waals surface area (Å²) in [6, 6.07) is -0.469. The molecule has 0 aliphatic carbocycles. The summed E-state index contributed by atoms with van der Waals surface area (Å²) in [5.74, 6) is 1.15. The number of aliphatic hydroxyl groups is 2.